The van der Waals surface area contributed by atoms with Crippen molar-refractivity contribution in [3.05, 3.63) is 70.8 Å². The third-order valence-corrected chi connectivity index (χ3v) is 8.79. The normalized spacial score (nSPS) is 32.4. The average molecular weight is 514 g/mol. The van der Waals surface area contributed by atoms with Crippen LogP contribution in [0.25, 0.3) is 0 Å². The molecule has 2 aliphatic heterocycles. The fourth-order valence-electron chi connectivity index (χ4n) is 6.97. The Morgan fingerprint density at radius 1 is 0.921 bits per heavy atom. The van der Waals surface area contributed by atoms with Crippen LogP contribution in [0.4, 0.5) is 17.1 Å². The number of hydrogen-bond donors (Lipinski definition) is 0. The van der Waals surface area contributed by atoms with Gasteiger partial charge in [-0.25, -0.2) is 4.90 Å². The topological polar surface area (TPSA) is 127 Å². The molecule has 4 aliphatic carbocycles. The molecule has 0 spiro atoms. The number of ether oxygens (including phenoxy) is 1. The van der Waals surface area contributed by atoms with Gasteiger partial charge < -0.3 is 9.64 Å². The molecule has 3 amide bonds. The predicted molar refractivity (Wildman–Crippen MR) is 133 cm³/mol. The van der Waals surface area contributed by atoms with Crippen LogP contribution in [0.2, 0.25) is 0 Å². The van der Waals surface area contributed by atoms with E-state index in [2.05, 4.69) is 12.2 Å². The van der Waals surface area contributed by atoms with Gasteiger partial charge in [0.1, 0.15) is 5.75 Å². The summed E-state index contributed by atoms with van der Waals surface area (Å²) in [5.74, 6) is -1.18. The van der Waals surface area contributed by atoms with Crippen LogP contribution in [0.3, 0.4) is 0 Å². The van der Waals surface area contributed by atoms with Gasteiger partial charge in [0.2, 0.25) is 17.7 Å². The van der Waals surface area contributed by atoms with Crippen LogP contribution >= 0.6 is 0 Å². The van der Waals surface area contributed by atoms with E-state index in [1.165, 1.54) is 40.1 Å². The Hall–Kier alpha value is -4.34. The largest absolute Gasteiger partial charge is 0.426 e. The van der Waals surface area contributed by atoms with Gasteiger partial charge in [-0.15, -0.1) is 0 Å². The highest BCUT2D eigenvalue weighted by Crippen LogP contribution is 2.65. The molecule has 2 saturated heterocycles. The van der Waals surface area contributed by atoms with Crippen LogP contribution in [0, 0.1) is 51.5 Å². The summed E-state index contributed by atoms with van der Waals surface area (Å²) in [7, 11) is 0. The standard InChI is InChI=1S/C28H23N3O7/c32-23-10-14(13-29(23)15-4-6-16(7-5-15)31(36)37)28(35)38-18-3-1-2-17(11-18)30-26(33)24-19-8-9-20(22-12-21(19)22)25(24)27(30)34/h1-9,11,14,19-22,24-25H,10,12-13H2/t14-,19-,20-,21-,22+,24+,25+/m0/s1. The van der Waals surface area contributed by atoms with Crippen LogP contribution < -0.4 is 14.5 Å². The first-order valence-corrected chi connectivity index (χ1v) is 12.7. The molecule has 10 heteroatoms. The summed E-state index contributed by atoms with van der Waals surface area (Å²) in [4.78, 5) is 65.3. The van der Waals surface area contributed by atoms with Crippen LogP contribution in [0.1, 0.15) is 12.8 Å². The number of non-ortho nitro benzene ring substituents is 1. The zero-order valence-electron chi connectivity index (χ0n) is 20.1. The molecule has 192 valence electrons. The molecule has 0 unspecified atom stereocenters. The number of amides is 3. The Morgan fingerprint density at radius 2 is 1.58 bits per heavy atom. The lowest BCUT2D eigenvalue weighted by Gasteiger charge is -2.37. The summed E-state index contributed by atoms with van der Waals surface area (Å²) < 4.78 is 5.58. The van der Waals surface area contributed by atoms with Crippen LogP contribution in [-0.2, 0) is 19.2 Å². The molecule has 38 heavy (non-hydrogen) atoms. The minimum absolute atomic E-state index is 0.0555. The average Bonchev–Trinajstić information content (AvgIpc) is 3.59. The molecule has 8 rings (SSSR count). The summed E-state index contributed by atoms with van der Waals surface area (Å²) in [5.41, 5.74) is 0.750. The van der Waals surface area contributed by atoms with E-state index in [4.69, 9.17) is 4.74 Å². The molecule has 4 fully saturated rings. The van der Waals surface area contributed by atoms with E-state index in [0.29, 0.717) is 23.2 Å². The molecule has 0 N–H and O–H groups in total. The molecule has 7 atom stereocenters. The zero-order chi connectivity index (χ0) is 26.3. The minimum Gasteiger partial charge on any atom is -0.426 e. The first kappa shape index (κ1) is 22.8. The minimum atomic E-state index is -0.729. The molecule has 2 aromatic carbocycles. The Balaban J connectivity index is 1.06. The number of rotatable bonds is 5. The first-order valence-electron chi connectivity index (χ1n) is 12.7. The molecule has 2 bridgehead atoms. The van der Waals surface area contributed by atoms with Gasteiger partial charge in [0.05, 0.1) is 28.4 Å². The lowest BCUT2D eigenvalue weighted by Crippen LogP contribution is -2.40. The van der Waals surface area contributed by atoms with Gasteiger partial charge in [0.15, 0.2) is 0 Å². The highest BCUT2D eigenvalue weighted by molar-refractivity contribution is 6.22. The van der Waals surface area contributed by atoms with Gasteiger partial charge in [-0.05, 0) is 54.4 Å². The highest BCUT2D eigenvalue weighted by Gasteiger charge is 2.67. The summed E-state index contributed by atoms with van der Waals surface area (Å²) in [6.07, 6.45) is 5.28. The van der Waals surface area contributed by atoms with Crippen molar-refractivity contribution in [2.24, 2.45) is 41.4 Å². The van der Waals surface area contributed by atoms with Crippen molar-refractivity contribution in [2.45, 2.75) is 12.8 Å². The molecule has 0 radical (unpaired) electrons. The van der Waals surface area contributed by atoms with Gasteiger partial charge in [-0.1, -0.05) is 18.2 Å². The van der Waals surface area contributed by atoms with E-state index in [9.17, 15) is 29.3 Å². The third kappa shape index (κ3) is 3.32. The number of hydrogen-bond acceptors (Lipinski definition) is 7. The maximum atomic E-state index is 13.4. The molecule has 2 aromatic rings. The SMILES string of the molecule is O=C(Oc1cccc(N2C(=O)[C@@H]3[C@H]4C=C[C@@H]([C@@H]5C[C@H]45)[C@H]3C2=O)c1)[C@H]1CC(=O)N(c2ccc([N+](=O)[O-])cc2)C1. The Bertz CT molecular complexity index is 1410. The van der Waals surface area contributed by atoms with Crippen molar-refractivity contribution in [1.82, 2.24) is 0 Å². The number of imide groups is 1. The van der Waals surface area contributed by atoms with Gasteiger partial charge in [0.25, 0.3) is 5.69 Å². The fourth-order valence-corrected chi connectivity index (χ4v) is 6.97. The second-order valence-electron chi connectivity index (χ2n) is 10.8. The monoisotopic (exact) mass is 513 g/mol. The van der Waals surface area contributed by atoms with E-state index >= 15 is 0 Å². The summed E-state index contributed by atoms with van der Waals surface area (Å²) in [6.45, 7) is 0.0831. The maximum absolute atomic E-state index is 13.4. The number of nitro groups is 1. The molecule has 2 heterocycles. The zero-order valence-corrected chi connectivity index (χ0v) is 20.1. The van der Waals surface area contributed by atoms with Gasteiger partial charge in [-0.3, -0.25) is 29.3 Å². The molecule has 2 saturated carbocycles. The Kier molecular flexibility index (Phi) is 4.85. The second-order valence-corrected chi connectivity index (χ2v) is 10.8. The van der Waals surface area contributed by atoms with E-state index in [1.54, 1.807) is 18.2 Å². The van der Waals surface area contributed by atoms with Gasteiger partial charge in [0, 0.05) is 36.9 Å². The number of benzene rings is 2. The van der Waals surface area contributed by atoms with E-state index in [1.807, 2.05) is 0 Å². The van der Waals surface area contributed by atoms with Gasteiger partial charge >= 0.3 is 5.97 Å². The molecule has 6 aliphatic rings. The number of allylic oxidation sites excluding steroid dienone is 2. The number of nitro benzene ring substituents is 1. The predicted octanol–water partition coefficient (Wildman–Crippen LogP) is 3.11. The molecular weight excluding hydrogens is 490 g/mol. The van der Waals surface area contributed by atoms with Crippen LogP contribution in [-0.4, -0.2) is 35.2 Å². The van der Waals surface area contributed by atoms with Crippen molar-refractivity contribution in [3.8, 4) is 5.75 Å². The van der Waals surface area contributed by atoms with Gasteiger partial charge in [-0.2, -0.15) is 0 Å². The first-order chi connectivity index (χ1) is 18.3. The Morgan fingerprint density at radius 3 is 2.21 bits per heavy atom. The van der Waals surface area contributed by atoms with E-state index < -0.39 is 16.8 Å². The number of anilines is 2. The van der Waals surface area contributed by atoms with Crippen molar-refractivity contribution >= 4 is 40.8 Å². The molecule has 0 aromatic heterocycles. The summed E-state index contributed by atoms with van der Waals surface area (Å²) in [6, 6.07) is 11.9. The van der Waals surface area contributed by atoms with E-state index in [-0.39, 0.29) is 65.8 Å². The van der Waals surface area contributed by atoms with Crippen molar-refractivity contribution < 1.29 is 28.8 Å². The van der Waals surface area contributed by atoms with Crippen LogP contribution in [0.15, 0.2) is 60.7 Å². The van der Waals surface area contributed by atoms with E-state index in [0.717, 1.165) is 6.42 Å². The number of carbonyl (C=O) groups is 4. The van der Waals surface area contributed by atoms with Crippen molar-refractivity contribution in [2.75, 3.05) is 16.3 Å². The van der Waals surface area contributed by atoms with Crippen molar-refractivity contribution in [1.29, 1.82) is 0 Å². The number of nitrogens with zero attached hydrogens (tertiary/aromatic N) is 3. The lowest BCUT2D eigenvalue weighted by molar-refractivity contribution is -0.384. The Labute approximate surface area is 217 Å². The number of esters is 1. The third-order valence-electron chi connectivity index (χ3n) is 8.79. The van der Waals surface area contributed by atoms with Crippen molar-refractivity contribution in [3.63, 3.8) is 0 Å². The van der Waals surface area contributed by atoms with Crippen LogP contribution in [0.5, 0.6) is 5.75 Å². The molecule has 10 nitrogen and oxygen atoms in total. The second kappa shape index (κ2) is 8.08. The lowest BCUT2D eigenvalue weighted by atomic mass is 9.63. The number of carbonyl (C=O) groups excluding carboxylic acids is 4. The fraction of sp³-hybridized carbons (Fsp3) is 0.357. The molecular formula is C28H23N3O7. The summed E-state index contributed by atoms with van der Waals surface area (Å²) in [5, 5.41) is 10.9. The summed E-state index contributed by atoms with van der Waals surface area (Å²) >= 11 is 0. The maximum Gasteiger partial charge on any atom is 0.316 e. The highest BCUT2D eigenvalue weighted by atomic mass is 16.6. The quantitative estimate of drug-likeness (QED) is 0.150. The smallest absolute Gasteiger partial charge is 0.316 e.